The minimum Gasteiger partial charge on any atom is -0.311 e. The molecule has 0 amide bonds. The van der Waals surface area contributed by atoms with Gasteiger partial charge in [-0.05, 0) is 51.3 Å². The van der Waals surface area contributed by atoms with Gasteiger partial charge in [0, 0.05) is 31.2 Å². The summed E-state index contributed by atoms with van der Waals surface area (Å²) in [6.45, 7) is 9.79. The van der Waals surface area contributed by atoms with Crippen LogP contribution in [0.2, 0.25) is 0 Å². The van der Waals surface area contributed by atoms with Gasteiger partial charge in [0.2, 0.25) is 0 Å². The van der Waals surface area contributed by atoms with Crippen molar-refractivity contribution in [1.82, 2.24) is 15.1 Å². The first-order valence-corrected chi connectivity index (χ1v) is 7.64. The van der Waals surface area contributed by atoms with Crippen LogP contribution >= 0.6 is 0 Å². The second-order valence-corrected chi connectivity index (χ2v) is 6.87. The largest absolute Gasteiger partial charge is 0.311 e. The maximum Gasteiger partial charge on any atom is 0.0631 e. The Kier molecular flexibility index (Phi) is 4.84. The number of hydrogen-bond acceptors (Lipinski definition) is 2. The van der Waals surface area contributed by atoms with Gasteiger partial charge in [0.1, 0.15) is 0 Å². The predicted octanol–water partition coefficient (Wildman–Crippen LogP) is 3.44. The van der Waals surface area contributed by atoms with Crippen molar-refractivity contribution >= 4 is 0 Å². The Bertz CT molecular complexity index is 578. The summed E-state index contributed by atoms with van der Waals surface area (Å²) >= 11 is 0. The Morgan fingerprint density at radius 3 is 2.48 bits per heavy atom. The van der Waals surface area contributed by atoms with Crippen LogP contribution in [0.5, 0.6) is 0 Å². The zero-order valence-corrected chi connectivity index (χ0v) is 13.9. The van der Waals surface area contributed by atoms with Crippen LogP contribution in [0.25, 0.3) is 0 Å². The molecule has 2 aromatic rings. The van der Waals surface area contributed by atoms with Crippen LogP contribution in [0, 0.1) is 6.92 Å². The van der Waals surface area contributed by atoms with Crippen molar-refractivity contribution in [2.45, 2.75) is 45.6 Å². The van der Waals surface area contributed by atoms with Gasteiger partial charge in [0.25, 0.3) is 0 Å². The number of hydrogen-bond donors (Lipinski definition) is 1. The SMILES string of the molecule is Cc1ccccc1C(CNC(C)(C)C)Cc1ccn(C)n1. The lowest BCUT2D eigenvalue weighted by Gasteiger charge is -2.26. The minimum atomic E-state index is 0.130. The first-order chi connectivity index (χ1) is 9.85. The van der Waals surface area contributed by atoms with Crippen molar-refractivity contribution in [2.75, 3.05) is 6.54 Å². The van der Waals surface area contributed by atoms with Crippen molar-refractivity contribution in [2.24, 2.45) is 7.05 Å². The van der Waals surface area contributed by atoms with Crippen LogP contribution in [0.4, 0.5) is 0 Å². The summed E-state index contributed by atoms with van der Waals surface area (Å²) in [5, 5.41) is 8.18. The molecule has 21 heavy (non-hydrogen) atoms. The molecule has 2 rings (SSSR count). The van der Waals surface area contributed by atoms with Gasteiger partial charge in [-0.3, -0.25) is 4.68 Å². The van der Waals surface area contributed by atoms with E-state index in [2.05, 4.69) is 68.4 Å². The van der Waals surface area contributed by atoms with Crippen molar-refractivity contribution < 1.29 is 0 Å². The van der Waals surface area contributed by atoms with Crippen molar-refractivity contribution in [3.8, 4) is 0 Å². The molecule has 3 nitrogen and oxygen atoms in total. The van der Waals surface area contributed by atoms with E-state index in [4.69, 9.17) is 0 Å². The molecule has 1 aromatic heterocycles. The first-order valence-electron chi connectivity index (χ1n) is 7.64. The van der Waals surface area contributed by atoms with E-state index in [0.717, 1.165) is 18.7 Å². The van der Waals surface area contributed by atoms with E-state index in [0.29, 0.717) is 5.92 Å². The maximum atomic E-state index is 4.54. The molecular weight excluding hydrogens is 258 g/mol. The number of nitrogens with one attached hydrogen (secondary N) is 1. The van der Waals surface area contributed by atoms with E-state index in [1.165, 1.54) is 11.1 Å². The van der Waals surface area contributed by atoms with Crippen LogP contribution in [0.1, 0.15) is 43.5 Å². The van der Waals surface area contributed by atoms with E-state index < -0.39 is 0 Å². The van der Waals surface area contributed by atoms with E-state index in [1.54, 1.807) is 0 Å². The third-order valence-electron chi connectivity index (χ3n) is 3.73. The topological polar surface area (TPSA) is 29.9 Å². The van der Waals surface area contributed by atoms with E-state index in [-0.39, 0.29) is 5.54 Å². The van der Waals surface area contributed by atoms with Gasteiger partial charge in [0.15, 0.2) is 0 Å². The normalized spacial score (nSPS) is 13.4. The Balaban J connectivity index is 2.19. The molecule has 0 bridgehead atoms. The van der Waals surface area contributed by atoms with Gasteiger partial charge in [-0.15, -0.1) is 0 Å². The summed E-state index contributed by atoms with van der Waals surface area (Å²) in [5.74, 6) is 0.445. The standard InChI is InChI=1S/C18H27N3/c1-14-8-6-7-9-17(14)15(13-19-18(2,3)4)12-16-10-11-21(5)20-16/h6-11,15,19H,12-13H2,1-5H3. The molecule has 1 unspecified atom stereocenters. The third kappa shape index (κ3) is 4.71. The second-order valence-electron chi connectivity index (χ2n) is 6.87. The molecule has 1 heterocycles. The summed E-state index contributed by atoms with van der Waals surface area (Å²) in [5.41, 5.74) is 4.06. The highest BCUT2D eigenvalue weighted by Gasteiger charge is 2.18. The molecule has 0 spiro atoms. The summed E-state index contributed by atoms with van der Waals surface area (Å²) in [4.78, 5) is 0. The number of rotatable bonds is 5. The number of aromatic nitrogens is 2. The highest BCUT2D eigenvalue weighted by molar-refractivity contribution is 5.30. The van der Waals surface area contributed by atoms with E-state index in [9.17, 15) is 0 Å². The highest BCUT2D eigenvalue weighted by Crippen LogP contribution is 2.23. The smallest absolute Gasteiger partial charge is 0.0631 e. The minimum absolute atomic E-state index is 0.130. The lowest BCUT2D eigenvalue weighted by atomic mass is 9.90. The molecule has 1 aromatic carbocycles. The Labute approximate surface area is 128 Å². The molecule has 1 N–H and O–H groups in total. The molecule has 0 aliphatic carbocycles. The monoisotopic (exact) mass is 285 g/mol. The average molecular weight is 285 g/mol. The van der Waals surface area contributed by atoms with Crippen molar-refractivity contribution in [1.29, 1.82) is 0 Å². The molecule has 0 saturated heterocycles. The molecule has 0 aliphatic rings. The van der Waals surface area contributed by atoms with Gasteiger partial charge in [-0.1, -0.05) is 24.3 Å². The van der Waals surface area contributed by atoms with Gasteiger partial charge >= 0.3 is 0 Å². The van der Waals surface area contributed by atoms with Crippen LogP contribution in [0.3, 0.4) is 0 Å². The summed E-state index contributed by atoms with van der Waals surface area (Å²) in [6.07, 6.45) is 2.98. The van der Waals surface area contributed by atoms with Gasteiger partial charge < -0.3 is 5.32 Å². The first kappa shape index (κ1) is 15.8. The summed E-state index contributed by atoms with van der Waals surface area (Å²) < 4.78 is 1.88. The Hall–Kier alpha value is -1.61. The molecule has 0 aliphatic heterocycles. The van der Waals surface area contributed by atoms with Gasteiger partial charge in [-0.25, -0.2) is 0 Å². The van der Waals surface area contributed by atoms with Gasteiger partial charge in [0.05, 0.1) is 5.69 Å². The Morgan fingerprint density at radius 1 is 1.19 bits per heavy atom. The molecule has 1 atom stereocenters. The number of aryl methyl sites for hydroxylation is 2. The summed E-state index contributed by atoms with van der Waals surface area (Å²) in [7, 11) is 1.97. The fraction of sp³-hybridized carbons (Fsp3) is 0.500. The molecule has 0 saturated carbocycles. The Morgan fingerprint density at radius 2 is 1.90 bits per heavy atom. The average Bonchev–Trinajstić information content (AvgIpc) is 2.80. The van der Waals surface area contributed by atoms with Crippen LogP contribution < -0.4 is 5.32 Å². The predicted molar refractivity (Wildman–Crippen MR) is 88.6 cm³/mol. The van der Waals surface area contributed by atoms with Gasteiger partial charge in [-0.2, -0.15) is 5.10 Å². The van der Waals surface area contributed by atoms with Crippen LogP contribution in [-0.4, -0.2) is 21.9 Å². The molecule has 114 valence electrons. The van der Waals surface area contributed by atoms with Crippen LogP contribution in [-0.2, 0) is 13.5 Å². The zero-order chi connectivity index (χ0) is 15.5. The number of benzene rings is 1. The van der Waals surface area contributed by atoms with Crippen molar-refractivity contribution in [3.05, 3.63) is 53.3 Å². The third-order valence-corrected chi connectivity index (χ3v) is 3.73. The molecular formula is C18H27N3. The summed E-state index contributed by atoms with van der Waals surface area (Å²) in [6, 6.07) is 10.8. The van der Waals surface area contributed by atoms with Crippen LogP contribution in [0.15, 0.2) is 36.5 Å². The zero-order valence-electron chi connectivity index (χ0n) is 13.9. The van der Waals surface area contributed by atoms with Crippen molar-refractivity contribution in [3.63, 3.8) is 0 Å². The number of nitrogens with zero attached hydrogens (tertiary/aromatic N) is 2. The quantitative estimate of drug-likeness (QED) is 0.912. The second kappa shape index (κ2) is 6.44. The molecule has 0 fully saturated rings. The highest BCUT2D eigenvalue weighted by atomic mass is 15.2. The maximum absolute atomic E-state index is 4.54. The fourth-order valence-corrected chi connectivity index (χ4v) is 2.59. The van der Waals surface area contributed by atoms with E-state index >= 15 is 0 Å². The molecule has 0 radical (unpaired) electrons. The lowest BCUT2D eigenvalue weighted by Crippen LogP contribution is -2.39. The van der Waals surface area contributed by atoms with E-state index in [1.807, 2.05) is 17.9 Å². The fourth-order valence-electron chi connectivity index (χ4n) is 2.59. The lowest BCUT2D eigenvalue weighted by molar-refractivity contribution is 0.403. The molecule has 3 heteroatoms.